The fourth-order valence-corrected chi connectivity index (χ4v) is 4.29. The third kappa shape index (κ3) is 4.99. The Morgan fingerprint density at radius 1 is 1.13 bits per heavy atom. The van der Waals surface area contributed by atoms with Gasteiger partial charge in [-0.05, 0) is 44.5 Å². The number of fused-ring (bicyclic) bond motifs is 1. The molecule has 0 aliphatic carbocycles. The summed E-state index contributed by atoms with van der Waals surface area (Å²) in [4.78, 5) is 25.6. The summed E-state index contributed by atoms with van der Waals surface area (Å²) in [6.45, 7) is 5.26. The monoisotopic (exact) mass is 445 g/mol. The molecule has 9 heteroatoms. The van der Waals surface area contributed by atoms with Crippen molar-refractivity contribution in [2.24, 2.45) is 0 Å². The van der Waals surface area contributed by atoms with Crippen molar-refractivity contribution in [3.8, 4) is 5.75 Å². The van der Waals surface area contributed by atoms with E-state index in [2.05, 4.69) is 10.6 Å². The van der Waals surface area contributed by atoms with Gasteiger partial charge in [-0.3, -0.25) is 13.9 Å². The first kappa shape index (κ1) is 22.6. The van der Waals surface area contributed by atoms with Crippen LogP contribution >= 0.6 is 0 Å². The van der Waals surface area contributed by atoms with Crippen molar-refractivity contribution in [3.63, 3.8) is 0 Å². The summed E-state index contributed by atoms with van der Waals surface area (Å²) in [6, 6.07) is 13.4. The molecule has 8 nitrogen and oxygen atoms in total. The number of benzene rings is 2. The highest BCUT2D eigenvalue weighted by atomic mass is 32.2. The van der Waals surface area contributed by atoms with Crippen LogP contribution in [0.25, 0.3) is 0 Å². The molecule has 0 radical (unpaired) electrons. The topological polar surface area (TPSA) is 105 Å². The van der Waals surface area contributed by atoms with Crippen molar-refractivity contribution in [2.45, 2.75) is 39.3 Å². The number of hydrogen-bond donors (Lipinski definition) is 2. The maximum Gasteiger partial charge on any atom is 0.267 e. The van der Waals surface area contributed by atoms with E-state index < -0.39 is 22.0 Å². The molecule has 0 saturated heterocycles. The summed E-state index contributed by atoms with van der Waals surface area (Å²) >= 11 is 0. The Bertz CT molecular complexity index is 1070. The largest absolute Gasteiger partial charge is 0.476 e. The number of nitrogens with one attached hydrogen (secondary N) is 2. The number of hydrogen-bond acceptors (Lipinski definition) is 5. The van der Waals surface area contributed by atoms with Crippen LogP contribution in [-0.2, 0) is 14.8 Å². The van der Waals surface area contributed by atoms with E-state index in [1.54, 1.807) is 55.5 Å². The Morgan fingerprint density at radius 2 is 1.81 bits per heavy atom. The van der Waals surface area contributed by atoms with Gasteiger partial charge in [0.15, 0.2) is 6.10 Å². The molecule has 2 atom stereocenters. The number of nitrogens with zero attached hydrogens (tertiary/aromatic N) is 1. The number of rotatable bonds is 7. The minimum absolute atomic E-state index is 0.0118. The van der Waals surface area contributed by atoms with Crippen LogP contribution in [0.2, 0.25) is 0 Å². The maximum absolute atomic E-state index is 13.0. The van der Waals surface area contributed by atoms with E-state index in [1.807, 2.05) is 13.8 Å². The zero-order chi connectivity index (χ0) is 22.6. The second-order valence-corrected chi connectivity index (χ2v) is 9.51. The molecule has 3 rings (SSSR count). The second-order valence-electron chi connectivity index (χ2n) is 7.32. The van der Waals surface area contributed by atoms with Gasteiger partial charge in [0.25, 0.3) is 11.8 Å². The van der Waals surface area contributed by atoms with E-state index in [1.165, 1.54) is 4.31 Å². The molecule has 2 aromatic carbocycles. The molecule has 0 unspecified atom stereocenters. The summed E-state index contributed by atoms with van der Waals surface area (Å²) in [5.41, 5.74) is 1.06. The number of anilines is 2. The minimum Gasteiger partial charge on any atom is -0.476 e. The summed E-state index contributed by atoms with van der Waals surface area (Å²) in [7, 11) is -3.60. The minimum atomic E-state index is -3.60. The predicted molar refractivity (Wildman–Crippen MR) is 120 cm³/mol. The van der Waals surface area contributed by atoms with Crippen molar-refractivity contribution in [3.05, 3.63) is 54.1 Å². The van der Waals surface area contributed by atoms with E-state index in [9.17, 15) is 18.0 Å². The highest BCUT2D eigenvalue weighted by Crippen LogP contribution is 2.35. The molecule has 0 saturated carbocycles. The number of amides is 2. The van der Waals surface area contributed by atoms with Crippen molar-refractivity contribution >= 4 is 33.2 Å². The summed E-state index contributed by atoms with van der Waals surface area (Å²) in [6.07, 6.45) is -0.293. The Kier molecular flexibility index (Phi) is 6.84. The third-order valence-corrected chi connectivity index (χ3v) is 6.89. The van der Waals surface area contributed by atoms with Crippen LogP contribution in [0.5, 0.6) is 5.75 Å². The lowest BCUT2D eigenvalue weighted by molar-refractivity contribution is -0.122. The first-order valence-electron chi connectivity index (χ1n) is 10.2. The van der Waals surface area contributed by atoms with Crippen LogP contribution in [0.4, 0.5) is 11.4 Å². The third-order valence-electron chi connectivity index (χ3n) is 5.15. The quantitative estimate of drug-likeness (QED) is 0.682. The molecule has 1 aliphatic rings. The molecule has 0 spiro atoms. The fourth-order valence-electron chi connectivity index (χ4n) is 3.16. The van der Waals surface area contributed by atoms with Crippen LogP contribution in [0.3, 0.4) is 0 Å². The average Bonchev–Trinajstić information content (AvgIpc) is 2.78. The van der Waals surface area contributed by atoms with Gasteiger partial charge in [-0.2, -0.15) is 0 Å². The average molecular weight is 446 g/mol. The lowest BCUT2D eigenvalue weighted by Crippen LogP contribution is -2.49. The number of ether oxygens (including phenoxy) is 1. The van der Waals surface area contributed by atoms with E-state index in [0.717, 1.165) is 6.42 Å². The Morgan fingerprint density at radius 3 is 2.52 bits per heavy atom. The molecule has 0 aromatic heterocycles. The van der Waals surface area contributed by atoms with Crippen molar-refractivity contribution in [1.29, 1.82) is 0 Å². The Labute approximate surface area is 182 Å². The van der Waals surface area contributed by atoms with Crippen molar-refractivity contribution in [1.82, 2.24) is 5.32 Å². The van der Waals surface area contributed by atoms with Gasteiger partial charge in [0.05, 0.1) is 29.2 Å². The number of carbonyl (C=O) groups is 2. The summed E-state index contributed by atoms with van der Waals surface area (Å²) < 4.78 is 32.2. The van der Waals surface area contributed by atoms with E-state index in [0.29, 0.717) is 22.7 Å². The summed E-state index contributed by atoms with van der Waals surface area (Å²) in [5.74, 6) is -0.618. The van der Waals surface area contributed by atoms with Crippen LogP contribution in [0, 0.1) is 0 Å². The van der Waals surface area contributed by atoms with E-state index in [-0.39, 0.29) is 24.2 Å². The molecule has 166 valence electrons. The fraction of sp³-hybridized carbons (Fsp3) is 0.364. The van der Waals surface area contributed by atoms with Gasteiger partial charge >= 0.3 is 0 Å². The van der Waals surface area contributed by atoms with Crippen LogP contribution in [0.15, 0.2) is 48.5 Å². The normalized spacial score (nSPS) is 16.6. The zero-order valence-corrected chi connectivity index (χ0v) is 18.6. The molecule has 2 amide bonds. The first-order valence-corrected chi connectivity index (χ1v) is 11.8. The standard InChI is InChI=1S/C22H27N3O5S/c1-4-15(3)23-21(26)16-10-6-7-11-17(16)24-22(27)20-14-25(31(28,29)5-2)18-12-8-9-13-19(18)30-20/h6-13,15,20H,4-5,14H2,1-3H3,(H,23,26)(H,24,27)/t15-,20+/m1/s1. The van der Waals surface area contributed by atoms with Gasteiger partial charge in [0, 0.05) is 6.04 Å². The summed E-state index contributed by atoms with van der Waals surface area (Å²) in [5, 5.41) is 5.60. The van der Waals surface area contributed by atoms with Gasteiger partial charge in [0.1, 0.15) is 5.75 Å². The second kappa shape index (κ2) is 9.38. The van der Waals surface area contributed by atoms with Gasteiger partial charge in [-0.15, -0.1) is 0 Å². The molecular formula is C22H27N3O5S. The molecule has 0 fully saturated rings. The Balaban J connectivity index is 1.84. The highest BCUT2D eigenvalue weighted by molar-refractivity contribution is 7.92. The molecule has 1 heterocycles. The van der Waals surface area contributed by atoms with E-state index >= 15 is 0 Å². The zero-order valence-electron chi connectivity index (χ0n) is 17.8. The lowest BCUT2D eigenvalue weighted by atomic mass is 10.1. The first-order chi connectivity index (χ1) is 14.8. The van der Waals surface area contributed by atoms with Gasteiger partial charge in [0.2, 0.25) is 10.0 Å². The van der Waals surface area contributed by atoms with E-state index in [4.69, 9.17) is 4.74 Å². The van der Waals surface area contributed by atoms with Crippen LogP contribution < -0.4 is 19.7 Å². The number of sulfonamides is 1. The van der Waals surface area contributed by atoms with Gasteiger partial charge < -0.3 is 15.4 Å². The lowest BCUT2D eigenvalue weighted by Gasteiger charge is -2.34. The number of para-hydroxylation sites is 3. The molecule has 0 bridgehead atoms. The van der Waals surface area contributed by atoms with Crippen LogP contribution in [0.1, 0.15) is 37.6 Å². The molecule has 1 aliphatic heterocycles. The predicted octanol–water partition coefficient (Wildman–Crippen LogP) is 2.77. The molecule has 2 aromatic rings. The van der Waals surface area contributed by atoms with Gasteiger partial charge in [-0.25, -0.2) is 8.42 Å². The molecule has 31 heavy (non-hydrogen) atoms. The SMILES string of the molecule is CC[C@@H](C)NC(=O)c1ccccc1NC(=O)[C@@H]1CN(S(=O)(=O)CC)c2ccccc2O1. The van der Waals surface area contributed by atoms with Crippen molar-refractivity contribution < 1.29 is 22.7 Å². The van der Waals surface area contributed by atoms with Gasteiger partial charge in [-0.1, -0.05) is 31.2 Å². The molecular weight excluding hydrogens is 418 g/mol. The Hall–Kier alpha value is -3.07. The van der Waals surface area contributed by atoms with Crippen molar-refractivity contribution in [2.75, 3.05) is 21.9 Å². The van der Waals surface area contributed by atoms with Crippen LogP contribution in [-0.4, -0.2) is 44.7 Å². The number of carbonyl (C=O) groups excluding carboxylic acids is 2. The molecule has 2 N–H and O–H groups in total. The highest BCUT2D eigenvalue weighted by Gasteiger charge is 2.36. The maximum atomic E-state index is 13.0. The smallest absolute Gasteiger partial charge is 0.267 e.